The lowest BCUT2D eigenvalue weighted by Gasteiger charge is -2.30. The molecule has 1 atom stereocenters. The number of rotatable bonds is 8. The number of likely N-dealkylation sites (N-methyl/N-ethyl adjacent to an activating group) is 1. The van der Waals surface area contributed by atoms with Gasteiger partial charge < -0.3 is 14.7 Å². The van der Waals surface area contributed by atoms with Gasteiger partial charge in [0.15, 0.2) is 17.3 Å². The Kier molecular flexibility index (Phi) is 8.19. The summed E-state index contributed by atoms with van der Waals surface area (Å²) in [5.41, 5.74) is -3.19. The normalized spacial score (nSPS) is 18.4. The van der Waals surface area contributed by atoms with Gasteiger partial charge in [0.25, 0.3) is 0 Å². The number of alkyl halides is 5. The Hall–Kier alpha value is -3.07. The van der Waals surface area contributed by atoms with Gasteiger partial charge in [-0.1, -0.05) is 0 Å². The number of hydrogen-bond donors (Lipinski definition) is 1. The molecule has 2 aromatic rings. The molecule has 2 heterocycles. The number of benzene rings is 1. The van der Waals surface area contributed by atoms with Crippen molar-refractivity contribution in [1.82, 2.24) is 9.29 Å². The zero-order valence-corrected chi connectivity index (χ0v) is 22.2. The lowest BCUT2D eigenvalue weighted by molar-refractivity contribution is -0.149. The molecule has 0 fully saturated rings. The van der Waals surface area contributed by atoms with Crippen LogP contribution in [0.15, 0.2) is 35.2 Å². The molecule has 1 aliphatic rings. The van der Waals surface area contributed by atoms with Crippen molar-refractivity contribution >= 4 is 27.5 Å². The predicted octanol–water partition coefficient (Wildman–Crippen LogP) is 5.31. The minimum Gasteiger partial charge on any atom is -0.490 e. The molecule has 1 aliphatic heterocycles. The SMILES string of the molecule is CN1[C@H](CCC(C)(F)F)CN(c2ccc(F)cc2)c2nc(C(F)(F)F)c(OCC(C)(C)C(=O)O)cc2S1(=O)=O. The molecule has 0 spiro atoms. The zero-order valence-electron chi connectivity index (χ0n) is 21.4. The Balaban J connectivity index is 2.26. The summed E-state index contributed by atoms with van der Waals surface area (Å²) in [5.74, 6) is -6.88. The summed E-state index contributed by atoms with van der Waals surface area (Å²) in [6, 6.07) is 3.86. The van der Waals surface area contributed by atoms with Crippen molar-refractivity contribution in [2.45, 2.75) is 56.6 Å². The average Bonchev–Trinajstić information content (AvgIpc) is 2.88. The number of aromatic nitrogens is 1. The molecule has 15 heteroatoms. The summed E-state index contributed by atoms with van der Waals surface area (Å²) >= 11 is 0. The fraction of sp³-hybridized carbons (Fsp3) is 0.500. The lowest BCUT2D eigenvalue weighted by atomic mass is 9.95. The van der Waals surface area contributed by atoms with Crippen LogP contribution >= 0.6 is 0 Å². The van der Waals surface area contributed by atoms with E-state index in [4.69, 9.17) is 4.74 Å². The van der Waals surface area contributed by atoms with E-state index in [1.54, 1.807) is 0 Å². The van der Waals surface area contributed by atoms with E-state index < -0.39 is 80.5 Å². The van der Waals surface area contributed by atoms with Gasteiger partial charge in [0.1, 0.15) is 17.3 Å². The number of halogens is 6. The highest BCUT2D eigenvalue weighted by molar-refractivity contribution is 7.89. The Morgan fingerprint density at radius 2 is 1.72 bits per heavy atom. The number of carbonyl (C=O) groups is 1. The van der Waals surface area contributed by atoms with Gasteiger partial charge in [0, 0.05) is 37.8 Å². The molecule has 1 aromatic heterocycles. The molecule has 216 valence electrons. The van der Waals surface area contributed by atoms with E-state index in [9.17, 15) is 44.7 Å². The third-order valence-corrected chi connectivity index (χ3v) is 8.16. The van der Waals surface area contributed by atoms with Gasteiger partial charge in [-0.2, -0.15) is 17.5 Å². The predicted molar refractivity (Wildman–Crippen MR) is 128 cm³/mol. The first-order chi connectivity index (χ1) is 17.7. The summed E-state index contributed by atoms with van der Waals surface area (Å²) in [6.07, 6.45) is -6.23. The summed E-state index contributed by atoms with van der Waals surface area (Å²) in [6.45, 7) is 1.94. The molecule has 0 bridgehead atoms. The second kappa shape index (κ2) is 10.5. The van der Waals surface area contributed by atoms with E-state index in [0.717, 1.165) is 28.4 Å². The van der Waals surface area contributed by atoms with Crippen LogP contribution in [0.3, 0.4) is 0 Å². The van der Waals surface area contributed by atoms with Crippen molar-refractivity contribution in [1.29, 1.82) is 0 Å². The fourth-order valence-corrected chi connectivity index (χ4v) is 5.31. The van der Waals surface area contributed by atoms with Crippen molar-refractivity contribution in [2.24, 2.45) is 5.41 Å². The molecule has 1 N–H and O–H groups in total. The maximum atomic E-state index is 14.1. The Bertz CT molecular complexity index is 1330. The second-order valence-corrected chi connectivity index (χ2v) is 12.0. The molecular weight excluding hydrogens is 556 g/mol. The van der Waals surface area contributed by atoms with Gasteiger partial charge in [-0.25, -0.2) is 26.6 Å². The van der Waals surface area contributed by atoms with E-state index in [1.807, 2.05) is 0 Å². The number of carboxylic acid groups (broad SMARTS) is 1. The van der Waals surface area contributed by atoms with E-state index in [1.165, 1.54) is 26.0 Å². The van der Waals surface area contributed by atoms with Gasteiger partial charge in [-0.3, -0.25) is 4.79 Å². The number of aliphatic carboxylic acids is 1. The fourth-order valence-electron chi connectivity index (χ4n) is 3.79. The molecular formula is C24H27F6N3O5S. The van der Waals surface area contributed by atoms with Gasteiger partial charge in [0.05, 0.1) is 5.41 Å². The summed E-state index contributed by atoms with van der Waals surface area (Å²) in [7, 11) is -3.52. The maximum Gasteiger partial charge on any atom is 0.437 e. The smallest absolute Gasteiger partial charge is 0.437 e. The Labute approximate surface area is 221 Å². The average molecular weight is 584 g/mol. The summed E-state index contributed by atoms with van der Waals surface area (Å²) in [4.78, 5) is 15.4. The van der Waals surface area contributed by atoms with Gasteiger partial charge in [0.2, 0.25) is 15.9 Å². The molecule has 0 saturated heterocycles. The van der Waals surface area contributed by atoms with Crippen molar-refractivity contribution < 1.29 is 49.4 Å². The number of pyridine rings is 1. The molecule has 1 aromatic carbocycles. The maximum absolute atomic E-state index is 14.1. The third-order valence-electron chi connectivity index (χ3n) is 6.24. The number of ether oxygens (including phenoxy) is 1. The number of sulfonamides is 1. The highest BCUT2D eigenvalue weighted by atomic mass is 32.2. The number of nitrogens with zero attached hydrogens (tertiary/aromatic N) is 3. The molecule has 0 radical (unpaired) electrons. The van der Waals surface area contributed by atoms with E-state index in [0.29, 0.717) is 13.0 Å². The monoisotopic (exact) mass is 583 g/mol. The van der Waals surface area contributed by atoms with E-state index in [-0.39, 0.29) is 18.7 Å². The summed E-state index contributed by atoms with van der Waals surface area (Å²) in [5, 5.41) is 9.31. The standard InChI is InChI=1S/C24H27F6N3O5S/c1-22(2,21(34)35)13-38-17-11-18-20(31-19(17)24(28,29)30)33(15-7-5-14(25)6-8-15)12-16(9-10-23(3,26)27)32(4)39(18,36)37/h5-8,11,16H,9-10,12-13H2,1-4H3,(H,34,35)/t16-/m1/s1. The number of carboxylic acids is 1. The van der Waals surface area contributed by atoms with E-state index >= 15 is 0 Å². The minimum atomic E-state index is -5.15. The summed E-state index contributed by atoms with van der Waals surface area (Å²) < 4.78 is 116. The van der Waals surface area contributed by atoms with Crippen LogP contribution in [-0.4, -0.2) is 60.9 Å². The second-order valence-electron chi connectivity index (χ2n) is 10.0. The number of anilines is 2. The first kappa shape index (κ1) is 30.5. The molecule has 0 saturated carbocycles. The number of hydrogen-bond acceptors (Lipinski definition) is 6. The van der Waals surface area contributed by atoms with Gasteiger partial charge in [-0.05, 0) is 51.5 Å². The van der Waals surface area contributed by atoms with Gasteiger partial charge in [-0.15, -0.1) is 0 Å². The molecule has 0 amide bonds. The Morgan fingerprint density at radius 1 is 1.13 bits per heavy atom. The minimum absolute atomic E-state index is 0.0673. The van der Waals surface area contributed by atoms with Crippen molar-refractivity contribution in [3.05, 3.63) is 41.8 Å². The highest BCUT2D eigenvalue weighted by Crippen LogP contribution is 2.44. The van der Waals surface area contributed by atoms with E-state index in [2.05, 4.69) is 4.98 Å². The van der Waals surface area contributed by atoms with Crippen LogP contribution < -0.4 is 9.64 Å². The van der Waals surface area contributed by atoms with Crippen LogP contribution in [0.25, 0.3) is 0 Å². The Morgan fingerprint density at radius 3 is 2.23 bits per heavy atom. The van der Waals surface area contributed by atoms with Crippen LogP contribution in [0.2, 0.25) is 0 Å². The first-order valence-corrected chi connectivity index (χ1v) is 13.1. The topological polar surface area (TPSA) is 100 Å². The molecule has 3 rings (SSSR count). The van der Waals surface area contributed by atoms with Crippen LogP contribution in [0, 0.1) is 11.2 Å². The number of fused-ring (bicyclic) bond motifs is 1. The molecule has 0 aliphatic carbocycles. The molecule has 0 unspecified atom stereocenters. The van der Waals surface area contributed by atoms with Crippen LogP contribution in [-0.2, 0) is 21.0 Å². The van der Waals surface area contributed by atoms with Crippen LogP contribution in [0.1, 0.15) is 39.3 Å². The quantitative estimate of drug-likeness (QED) is 0.421. The largest absolute Gasteiger partial charge is 0.490 e. The third kappa shape index (κ3) is 6.75. The van der Waals surface area contributed by atoms with Crippen molar-refractivity contribution in [3.63, 3.8) is 0 Å². The lowest BCUT2D eigenvalue weighted by Crippen LogP contribution is -2.41. The molecule has 8 nitrogen and oxygen atoms in total. The van der Waals surface area contributed by atoms with Gasteiger partial charge >= 0.3 is 12.1 Å². The first-order valence-electron chi connectivity index (χ1n) is 11.6. The molecule has 39 heavy (non-hydrogen) atoms. The van der Waals surface area contributed by atoms with Crippen molar-refractivity contribution in [3.8, 4) is 5.75 Å². The highest BCUT2D eigenvalue weighted by Gasteiger charge is 2.44. The van der Waals surface area contributed by atoms with Crippen LogP contribution in [0.4, 0.5) is 37.8 Å². The zero-order chi connectivity index (χ0) is 29.6. The van der Waals surface area contributed by atoms with Crippen molar-refractivity contribution in [2.75, 3.05) is 25.1 Å². The van der Waals surface area contributed by atoms with Crippen LogP contribution in [0.5, 0.6) is 5.75 Å².